The van der Waals surface area contributed by atoms with Crippen LogP contribution in [0.3, 0.4) is 0 Å². The highest BCUT2D eigenvalue weighted by Crippen LogP contribution is 2.34. The van der Waals surface area contributed by atoms with Gasteiger partial charge in [0.05, 0.1) is 25.1 Å². The molecule has 1 atom stereocenters. The van der Waals surface area contributed by atoms with Crippen molar-refractivity contribution >= 4 is 11.2 Å². The number of nitrogens with zero attached hydrogens (tertiary/aromatic N) is 2. The number of aryl methyl sites for hydroxylation is 1. The van der Waals surface area contributed by atoms with Gasteiger partial charge in [0, 0.05) is 17.8 Å². The number of hydrogen-bond acceptors (Lipinski definition) is 4. The van der Waals surface area contributed by atoms with E-state index in [0.717, 1.165) is 48.6 Å². The summed E-state index contributed by atoms with van der Waals surface area (Å²) in [5, 5.41) is 3.64. The maximum absolute atomic E-state index is 5.74. The molecule has 1 fully saturated rings. The molecule has 1 aromatic carbocycles. The summed E-state index contributed by atoms with van der Waals surface area (Å²) in [6.07, 6.45) is 7.25. The Bertz CT molecular complexity index is 940. The molecule has 5 heteroatoms. The van der Waals surface area contributed by atoms with E-state index in [9.17, 15) is 0 Å². The molecule has 5 nitrogen and oxygen atoms in total. The lowest BCUT2D eigenvalue weighted by atomic mass is 9.89. The first-order valence-electron chi connectivity index (χ1n) is 9.07. The van der Waals surface area contributed by atoms with Gasteiger partial charge in [-0.2, -0.15) is 0 Å². The molecule has 5 rings (SSSR count). The third-order valence-corrected chi connectivity index (χ3v) is 5.44. The number of aromatic amines is 1. The number of nitrogens with one attached hydrogen (secondary N) is 2. The molecule has 0 saturated carbocycles. The van der Waals surface area contributed by atoms with Crippen LogP contribution in [-0.2, 0) is 17.8 Å². The van der Waals surface area contributed by atoms with Crippen molar-refractivity contribution in [2.75, 3.05) is 13.2 Å². The van der Waals surface area contributed by atoms with Crippen molar-refractivity contribution in [1.29, 1.82) is 0 Å². The number of fused-ring (bicyclic) bond motifs is 2. The van der Waals surface area contributed by atoms with Crippen LogP contribution in [0.25, 0.3) is 22.4 Å². The summed E-state index contributed by atoms with van der Waals surface area (Å²) in [7, 11) is 0. The van der Waals surface area contributed by atoms with Crippen molar-refractivity contribution in [1.82, 2.24) is 20.3 Å². The molecule has 25 heavy (non-hydrogen) atoms. The van der Waals surface area contributed by atoms with Crippen molar-refractivity contribution in [3.63, 3.8) is 0 Å². The Labute approximate surface area is 146 Å². The SMILES string of the molecule is Cc1c[nH]c2ncc(-c3cc4c(c([C@@H]5CCCN5)c3)COCC4)nc12. The molecule has 2 aromatic heterocycles. The van der Waals surface area contributed by atoms with E-state index in [2.05, 4.69) is 34.3 Å². The van der Waals surface area contributed by atoms with E-state index < -0.39 is 0 Å². The Balaban J connectivity index is 1.66. The predicted octanol–water partition coefficient (Wildman–Crippen LogP) is 3.43. The molecule has 0 bridgehead atoms. The van der Waals surface area contributed by atoms with Gasteiger partial charge < -0.3 is 15.0 Å². The van der Waals surface area contributed by atoms with Gasteiger partial charge in [0.1, 0.15) is 5.52 Å². The molecule has 128 valence electrons. The minimum atomic E-state index is 0.432. The molecule has 1 saturated heterocycles. The molecule has 2 N–H and O–H groups in total. The predicted molar refractivity (Wildman–Crippen MR) is 97.4 cm³/mol. The van der Waals surface area contributed by atoms with E-state index in [1.165, 1.54) is 35.1 Å². The van der Waals surface area contributed by atoms with Gasteiger partial charge in [0.15, 0.2) is 5.65 Å². The Hall–Kier alpha value is -2.24. The monoisotopic (exact) mass is 334 g/mol. The van der Waals surface area contributed by atoms with Gasteiger partial charge in [-0.15, -0.1) is 0 Å². The largest absolute Gasteiger partial charge is 0.376 e. The van der Waals surface area contributed by atoms with Gasteiger partial charge >= 0.3 is 0 Å². The fourth-order valence-electron chi connectivity index (χ4n) is 4.07. The van der Waals surface area contributed by atoms with E-state index in [-0.39, 0.29) is 0 Å². The van der Waals surface area contributed by atoms with Gasteiger partial charge in [-0.3, -0.25) is 0 Å². The molecule has 0 unspecified atom stereocenters. The lowest BCUT2D eigenvalue weighted by Gasteiger charge is -2.24. The van der Waals surface area contributed by atoms with Crippen LogP contribution in [0.5, 0.6) is 0 Å². The summed E-state index contributed by atoms with van der Waals surface area (Å²) in [6, 6.07) is 5.02. The second kappa shape index (κ2) is 5.93. The third kappa shape index (κ3) is 2.55. The second-order valence-corrected chi connectivity index (χ2v) is 7.08. The van der Waals surface area contributed by atoms with Crippen molar-refractivity contribution in [3.8, 4) is 11.3 Å². The van der Waals surface area contributed by atoms with E-state index in [1.54, 1.807) is 0 Å². The van der Waals surface area contributed by atoms with Crippen molar-refractivity contribution in [2.45, 2.75) is 38.8 Å². The Morgan fingerprint density at radius 3 is 3.12 bits per heavy atom. The maximum atomic E-state index is 5.74. The lowest BCUT2D eigenvalue weighted by molar-refractivity contribution is 0.109. The first-order valence-corrected chi connectivity index (χ1v) is 9.07. The molecule has 2 aliphatic heterocycles. The normalized spacial score (nSPS) is 20.1. The van der Waals surface area contributed by atoms with Gasteiger partial charge in [0.25, 0.3) is 0 Å². The Kier molecular flexibility index (Phi) is 3.57. The minimum absolute atomic E-state index is 0.432. The molecule has 3 aromatic rings. The highest BCUT2D eigenvalue weighted by molar-refractivity contribution is 5.78. The molecule has 0 radical (unpaired) electrons. The number of hydrogen-bond donors (Lipinski definition) is 2. The van der Waals surface area contributed by atoms with Gasteiger partial charge in [-0.1, -0.05) is 0 Å². The Morgan fingerprint density at radius 2 is 2.24 bits per heavy atom. The molecule has 0 amide bonds. The molecule has 0 spiro atoms. The number of aromatic nitrogens is 3. The average Bonchev–Trinajstić information content (AvgIpc) is 3.31. The topological polar surface area (TPSA) is 62.8 Å². The molecule has 2 aliphatic rings. The average molecular weight is 334 g/mol. The number of rotatable bonds is 2. The number of ether oxygens (including phenoxy) is 1. The number of benzene rings is 1. The van der Waals surface area contributed by atoms with Gasteiger partial charge in [-0.25, -0.2) is 9.97 Å². The Morgan fingerprint density at radius 1 is 1.28 bits per heavy atom. The van der Waals surface area contributed by atoms with Crippen LogP contribution in [0.15, 0.2) is 24.5 Å². The van der Waals surface area contributed by atoms with Crippen LogP contribution in [0.1, 0.15) is 41.1 Å². The zero-order valence-electron chi connectivity index (χ0n) is 14.4. The lowest BCUT2D eigenvalue weighted by Crippen LogP contribution is -2.19. The first-order chi connectivity index (χ1) is 12.3. The van der Waals surface area contributed by atoms with Crippen LogP contribution < -0.4 is 5.32 Å². The second-order valence-electron chi connectivity index (χ2n) is 7.08. The number of H-pyrrole nitrogens is 1. The minimum Gasteiger partial charge on any atom is -0.376 e. The van der Waals surface area contributed by atoms with E-state index in [4.69, 9.17) is 9.72 Å². The highest BCUT2D eigenvalue weighted by atomic mass is 16.5. The van der Waals surface area contributed by atoms with Crippen LogP contribution >= 0.6 is 0 Å². The van der Waals surface area contributed by atoms with E-state index in [1.807, 2.05) is 12.4 Å². The summed E-state index contributed by atoms with van der Waals surface area (Å²) in [4.78, 5) is 12.6. The zero-order chi connectivity index (χ0) is 16.8. The molecular formula is C20H22N4O. The van der Waals surface area contributed by atoms with Gasteiger partial charge in [-0.05, 0) is 67.1 Å². The first kappa shape index (κ1) is 15.0. The van der Waals surface area contributed by atoms with Crippen molar-refractivity contribution in [2.24, 2.45) is 0 Å². The smallest absolute Gasteiger partial charge is 0.156 e. The molecule has 4 heterocycles. The van der Waals surface area contributed by atoms with Crippen LogP contribution in [0, 0.1) is 6.92 Å². The van der Waals surface area contributed by atoms with Crippen LogP contribution in [-0.4, -0.2) is 28.1 Å². The van der Waals surface area contributed by atoms with Crippen molar-refractivity contribution in [3.05, 3.63) is 46.8 Å². The standard InChI is InChI=1S/C20H22N4O/c1-12-9-22-20-19(12)24-18(10-23-20)14-7-13-4-6-25-11-16(13)15(8-14)17-3-2-5-21-17/h7-10,17,21H,2-6,11H2,1H3,(H,22,23)/t17-/m0/s1. The summed E-state index contributed by atoms with van der Waals surface area (Å²) < 4.78 is 5.74. The van der Waals surface area contributed by atoms with Crippen LogP contribution in [0.4, 0.5) is 0 Å². The quantitative estimate of drug-likeness (QED) is 0.754. The van der Waals surface area contributed by atoms with Crippen LogP contribution in [0.2, 0.25) is 0 Å². The van der Waals surface area contributed by atoms with E-state index in [0.29, 0.717) is 6.04 Å². The zero-order valence-corrected chi connectivity index (χ0v) is 14.4. The van der Waals surface area contributed by atoms with E-state index >= 15 is 0 Å². The van der Waals surface area contributed by atoms with Crippen molar-refractivity contribution < 1.29 is 4.74 Å². The summed E-state index contributed by atoms with van der Waals surface area (Å²) in [5.41, 5.74) is 9.22. The maximum Gasteiger partial charge on any atom is 0.156 e. The summed E-state index contributed by atoms with van der Waals surface area (Å²) in [5.74, 6) is 0. The van der Waals surface area contributed by atoms with Gasteiger partial charge in [0.2, 0.25) is 0 Å². The summed E-state index contributed by atoms with van der Waals surface area (Å²) in [6.45, 7) is 4.69. The molecule has 0 aliphatic carbocycles. The molecular weight excluding hydrogens is 312 g/mol. The third-order valence-electron chi connectivity index (χ3n) is 5.44. The highest BCUT2D eigenvalue weighted by Gasteiger charge is 2.24. The fraction of sp³-hybridized carbons (Fsp3) is 0.400. The summed E-state index contributed by atoms with van der Waals surface area (Å²) >= 11 is 0. The fourth-order valence-corrected chi connectivity index (χ4v) is 4.07.